The van der Waals surface area contributed by atoms with Crippen LogP contribution in [0.15, 0.2) is 51.7 Å². The molecular formula is C15H8N2O3. The van der Waals surface area contributed by atoms with Crippen LogP contribution in [0.1, 0.15) is 0 Å². The highest BCUT2D eigenvalue weighted by molar-refractivity contribution is 6.15. The lowest BCUT2D eigenvalue weighted by molar-refractivity contribution is 0.479. The van der Waals surface area contributed by atoms with Crippen molar-refractivity contribution in [1.29, 1.82) is 0 Å². The van der Waals surface area contributed by atoms with Gasteiger partial charge in [0, 0.05) is 22.9 Å². The van der Waals surface area contributed by atoms with Gasteiger partial charge in [-0.15, -0.1) is 10.2 Å². The maximum atomic E-state index is 11.3. The second kappa shape index (κ2) is 3.77. The molecule has 0 atom stereocenters. The summed E-state index contributed by atoms with van der Waals surface area (Å²) in [4.78, 5) is 11.3. The van der Waals surface area contributed by atoms with Crippen molar-refractivity contribution < 1.29 is 9.52 Å². The number of benzene rings is 2. The normalized spacial score (nSPS) is 11.4. The molecule has 0 aliphatic carbocycles. The van der Waals surface area contributed by atoms with E-state index in [2.05, 4.69) is 10.2 Å². The highest BCUT2D eigenvalue weighted by Gasteiger charge is 2.13. The van der Waals surface area contributed by atoms with E-state index >= 15 is 0 Å². The molecule has 96 valence electrons. The van der Waals surface area contributed by atoms with Crippen LogP contribution in [0, 0.1) is 0 Å². The van der Waals surface area contributed by atoms with Crippen LogP contribution in [0.25, 0.3) is 32.8 Å². The first-order valence-corrected chi connectivity index (χ1v) is 6.05. The Labute approximate surface area is 112 Å². The number of aromatic hydroxyl groups is 1. The van der Waals surface area contributed by atoms with Crippen LogP contribution in [0.3, 0.4) is 0 Å². The first-order chi connectivity index (χ1) is 9.74. The maximum Gasteiger partial charge on any atom is 0.336 e. The summed E-state index contributed by atoms with van der Waals surface area (Å²) in [7, 11) is 0. The molecule has 5 heteroatoms. The molecule has 0 fully saturated rings. The van der Waals surface area contributed by atoms with E-state index in [0.717, 1.165) is 5.39 Å². The van der Waals surface area contributed by atoms with Crippen molar-refractivity contribution in [3.63, 3.8) is 0 Å². The number of fused-ring (bicyclic) bond motifs is 5. The van der Waals surface area contributed by atoms with Gasteiger partial charge >= 0.3 is 5.63 Å². The Morgan fingerprint density at radius 1 is 1.00 bits per heavy atom. The Morgan fingerprint density at radius 3 is 2.75 bits per heavy atom. The van der Waals surface area contributed by atoms with Crippen LogP contribution in [-0.4, -0.2) is 15.3 Å². The van der Waals surface area contributed by atoms with Gasteiger partial charge in [-0.05, 0) is 12.1 Å². The standard InChI is InChI=1S/C15H8N2O3/c18-11-7-12-9(5-6-13(19)20-12)15-14(11)8-3-1-2-4-10(8)16-17-15/h1-7,18H. The van der Waals surface area contributed by atoms with Gasteiger partial charge in [0.1, 0.15) is 16.8 Å². The summed E-state index contributed by atoms with van der Waals surface area (Å²) in [6.07, 6.45) is 0. The van der Waals surface area contributed by atoms with Gasteiger partial charge in [-0.1, -0.05) is 18.2 Å². The van der Waals surface area contributed by atoms with Crippen molar-refractivity contribution in [1.82, 2.24) is 10.2 Å². The monoisotopic (exact) mass is 264 g/mol. The molecule has 0 radical (unpaired) electrons. The molecule has 0 aliphatic heterocycles. The fraction of sp³-hybridized carbons (Fsp3) is 0. The van der Waals surface area contributed by atoms with Gasteiger partial charge < -0.3 is 9.52 Å². The lowest BCUT2D eigenvalue weighted by Gasteiger charge is -2.06. The Hall–Kier alpha value is -2.95. The van der Waals surface area contributed by atoms with Gasteiger partial charge in [0.2, 0.25) is 0 Å². The fourth-order valence-electron chi connectivity index (χ4n) is 2.43. The minimum atomic E-state index is -0.468. The molecular weight excluding hydrogens is 256 g/mol. The average molecular weight is 264 g/mol. The first kappa shape index (κ1) is 10.9. The van der Waals surface area contributed by atoms with Crippen LogP contribution in [-0.2, 0) is 0 Å². The van der Waals surface area contributed by atoms with E-state index in [4.69, 9.17) is 4.42 Å². The zero-order valence-corrected chi connectivity index (χ0v) is 10.2. The van der Waals surface area contributed by atoms with Crippen LogP contribution >= 0.6 is 0 Å². The number of hydrogen-bond acceptors (Lipinski definition) is 5. The third-order valence-electron chi connectivity index (χ3n) is 3.31. The Bertz CT molecular complexity index is 1040. The Balaban J connectivity index is 2.34. The summed E-state index contributed by atoms with van der Waals surface area (Å²) >= 11 is 0. The van der Waals surface area contributed by atoms with Crippen LogP contribution < -0.4 is 5.63 Å². The summed E-state index contributed by atoms with van der Waals surface area (Å²) in [5, 5.41) is 20.6. The second-order valence-electron chi connectivity index (χ2n) is 4.50. The van der Waals surface area contributed by atoms with E-state index in [1.54, 1.807) is 6.07 Å². The van der Waals surface area contributed by atoms with Crippen molar-refractivity contribution in [3.05, 3.63) is 52.9 Å². The molecule has 0 spiro atoms. The number of hydrogen-bond donors (Lipinski definition) is 1. The van der Waals surface area contributed by atoms with E-state index in [1.165, 1.54) is 12.1 Å². The number of phenolic OH excluding ortho intramolecular Hbond substituents is 1. The zero-order chi connectivity index (χ0) is 13.7. The average Bonchev–Trinajstić information content (AvgIpc) is 2.46. The topological polar surface area (TPSA) is 76.2 Å². The number of aromatic nitrogens is 2. The quantitative estimate of drug-likeness (QED) is 0.390. The molecule has 0 amide bonds. The molecule has 2 aromatic heterocycles. The molecule has 4 rings (SSSR count). The number of rotatable bonds is 0. The van der Waals surface area contributed by atoms with Crippen molar-refractivity contribution in [2.24, 2.45) is 0 Å². The minimum absolute atomic E-state index is 0.0213. The third kappa shape index (κ3) is 1.40. The summed E-state index contributed by atoms with van der Waals surface area (Å²) in [6, 6.07) is 11.8. The Kier molecular flexibility index (Phi) is 2.06. The summed E-state index contributed by atoms with van der Waals surface area (Å²) in [5.41, 5.74) is 1.05. The largest absolute Gasteiger partial charge is 0.507 e. The van der Waals surface area contributed by atoms with E-state index < -0.39 is 5.63 Å². The molecule has 0 aliphatic rings. The predicted octanol–water partition coefficient (Wildman–Crippen LogP) is 2.60. The van der Waals surface area contributed by atoms with E-state index in [0.29, 0.717) is 27.4 Å². The SMILES string of the molecule is O=c1ccc2c(cc(O)c3c4ccccc4nnc23)o1. The lowest BCUT2D eigenvalue weighted by atomic mass is 10.1. The minimum Gasteiger partial charge on any atom is -0.507 e. The summed E-state index contributed by atoms with van der Waals surface area (Å²) in [5.74, 6) is 0.0213. The zero-order valence-electron chi connectivity index (χ0n) is 10.2. The first-order valence-electron chi connectivity index (χ1n) is 6.05. The smallest absolute Gasteiger partial charge is 0.336 e. The Morgan fingerprint density at radius 2 is 1.85 bits per heavy atom. The predicted molar refractivity (Wildman–Crippen MR) is 74.8 cm³/mol. The fourth-order valence-corrected chi connectivity index (χ4v) is 2.43. The number of phenols is 1. The molecule has 5 nitrogen and oxygen atoms in total. The molecule has 0 saturated carbocycles. The van der Waals surface area contributed by atoms with Crippen molar-refractivity contribution in [3.8, 4) is 5.75 Å². The van der Waals surface area contributed by atoms with Gasteiger partial charge in [-0.2, -0.15) is 0 Å². The van der Waals surface area contributed by atoms with Crippen molar-refractivity contribution in [2.45, 2.75) is 0 Å². The van der Waals surface area contributed by atoms with Crippen LogP contribution in [0.5, 0.6) is 5.75 Å². The lowest BCUT2D eigenvalue weighted by Crippen LogP contribution is -1.96. The summed E-state index contributed by atoms with van der Waals surface area (Å²) < 4.78 is 5.08. The molecule has 0 unspecified atom stereocenters. The van der Waals surface area contributed by atoms with E-state index in [9.17, 15) is 9.90 Å². The van der Waals surface area contributed by atoms with E-state index in [-0.39, 0.29) is 5.75 Å². The number of nitrogens with zero attached hydrogens (tertiary/aromatic N) is 2. The van der Waals surface area contributed by atoms with Gasteiger partial charge in [0.15, 0.2) is 0 Å². The molecule has 1 N–H and O–H groups in total. The highest BCUT2D eigenvalue weighted by atomic mass is 16.4. The van der Waals surface area contributed by atoms with E-state index in [1.807, 2.05) is 24.3 Å². The van der Waals surface area contributed by atoms with Crippen LogP contribution in [0.2, 0.25) is 0 Å². The second-order valence-corrected chi connectivity index (χ2v) is 4.50. The molecule has 2 aromatic carbocycles. The maximum absolute atomic E-state index is 11.3. The van der Waals surface area contributed by atoms with Crippen molar-refractivity contribution >= 4 is 32.8 Å². The third-order valence-corrected chi connectivity index (χ3v) is 3.31. The molecule has 0 saturated heterocycles. The van der Waals surface area contributed by atoms with Crippen molar-refractivity contribution in [2.75, 3.05) is 0 Å². The molecule has 2 heterocycles. The van der Waals surface area contributed by atoms with Gasteiger partial charge in [0.25, 0.3) is 0 Å². The molecule has 0 bridgehead atoms. The van der Waals surface area contributed by atoms with Gasteiger partial charge in [-0.25, -0.2) is 4.79 Å². The molecule has 20 heavy (non-hydrogen) atoms. The molecule has 4 aromatic rings. The summed E-state index contributed by atoms with van der Waals surface area (Å²) in [6.45, 7) is 0. The van der Waals surface area contributed by atoms with Gasteiger partial charge in [-0.3, -0.25) is 0 Å². The van der Waals surface area contributed by atoms with Crippen LogP contribution in [0.4, 0.5) is 0 Å². The van der Waals surface area contributed by atoms with Gasteiger partial charge in [0.05, 0.1) is 10.9 Å². The highest BCUT2D eigenvalue weighted by Crippen LogP contribution is 2.34.